The van der Waals surface area contributed by atoms with Gasteiger partial charge in [0.1, 0.15) is 12.1 Å². The normalized spacial score (nSPS) is 19.1. The summed E-state index contributed by atoms with van der Waals surface area (Å²) < 4.78 is 5.64. The zero-order valence-electron chi connectivity index (χ0n) is 15.6. The van der Waals surface area contributed by atoms with Crippen LogP contribution < -0.4 is 4.90 Å². The molecule has 1 saturated heterocycles. The van der Waals surface area contributed by atoms with Crippen molar-refractivity contribution in [3.05, 3.63) is 58.6 Å². The Bertz CT molecular complexity index is 883. The van der Waals surface area contributed by atoms with Crippen molar-refractivity contribution in [1.29, 1.82) is 0 Å². The molecule has 5 nitrogen and oxygen atoms in total. The summed E-state index contributed by atoms with van der Waals surface area (Å²) in [5, 5.41) is 0. The fourth-order valence-electron chi connectivity index (χ4n) is 3.52. The number of hydrogen-bond acceptors (Lipinski definition) is 5. The SMILES string of the molecule is CC(C)=Cc1ccc2c(c1)C(c1cc(N3CCO[C@H](C)C3)ncn1)=NC2. The van der Waals surface area contributed by atoms with E-state index in [1.807, 2.05) is 0 Å². The highest BCUT2D eigenvalue weighted by molar-refractivity contribution is 6.14. The van der Waals surface area contributed by atoms with Gasteiger partial charge in [0.15, 0.2) is 0 Å². The van der Waals surface area contributed by atoms with Gasteiger partial charge < -0.3 is 9.64 Å². The molecule has 0 bridgehead atoms. The Labute approximate surface area is 154 Å². The van der Waals surface area contributed by atoms with Gasteiger partial charge in [-0.15, -0.1) is 0 Å². The van der Waals surface area contributed by atoms with Gasteiger partial charge in [0, 0.05) is 24.7 Å². The highest BCUT2D eigenvalue weighted by atomic mass is 16.5. The van der Waals surface area contributed by atoms with Gasteiger partial charge in [-0.2, -0.15) is 0 Å². The van der Waals surface area contributed by atoms with E-state index >= 15 is 0 Å². The van der Waals surface area contributed by atoms with Crippen LogP contribution >= 0.6 is 0 Å². The molecule has 0 N–H and O–H groups in total. The van der Waals surface area contributed by atoms with Crippen molar-refractivity contribution in [2.75, 3.05) is 24.6 Å². The standard InChI is InChI=1S/C21H24N4O/c1-14(2)8-16-4-5-17-11-22-21(18(17)9-16)19-10-20(24-13-23-19)25-6-7-26-15(3)12-25/h4-5,8-10,13,15H,6-7,11-12H2,1-3H3/t15-/m1/s1. The highest BCUT2D eigenvalue weighted by Crippen LogP contribution is 2.26. The van der Waals surface area contributed by atoms with Crippen molar-refractivity contribution in [1.82, 2.24) is 9.97 Å². The van der Waals surface area contributed by atoms with E-state index in [0.717, 1.165) is 36.9 Å². The molecule has 0 spiro atoms. The van der Waals surface area contributed by atoms with Gasteiger partial charge in [-0.05, 0) is 38.0 Å². The monoisotopic (exact) mass is 348 g/mol. The average Bonchev–Trinajstić information content (AvgIpc) is 3.04. The Morgan fingerprint density at radius 1 is 1.23 bits per heavy atom. The molecular weight excluding hydrogens is 324 g/mol. The second-order valence-corrected chi connectivity index (χ2v) is 7.19. The molecule has 0 unspecified atom stereocenters. The molecule has 0 amide bonds. The van der Waals surface area contributed by atoms with Crippen molar-refractivity contribution in [3.63, 3.8) is 0 Å². The molecule has 2 aliphatic heterocycles. The van der Waals surface area contributed by atoms with Gasteiger partial charge in [0.05, 0.1) is 30.7 Å². The largest absolute Gasteiger partial charge is 0.375 e. The Kier molecular flexibility index (Phi) is 4.55. The summed E-state index contributed by atoms with van der Waals surface area (Å²) in [4.78, 5) is 16.0. The zero-order chi connectivity index (χ0) is 18.1. The van der Waals surface area contributed by atoms with Gasteiger partial charge in [0.25, 0.3) is 0 Å². The lowest BCUT2D eigenvalue weighted by Crippen LogP contribution is -2.41. The van der Waals surface area contributed by atoms with Gasteiger partial charge in [-0.1, -0.05) is 23.8 Å². The van der Waals surface area contributed by atoms with Crippen LogP contribution in [0.4, 0.5) is 5.82 Å². The highest BCUT2D eigenvalue weighted by Gasteiger charge is 2.22. The molecule has 134 valence electrons. The topological polar surface area (TPSA) is 50.6 Å². The molecule has 3 heterocycles. The molecule has 26 heavy (non-hydrogen) atoms. The van der Waals surface area contributed by atoms with Crippen molar-refractivity contribution >= 4 is 17.6 Å². The number of nitrogens with zero attached hydrogens (tertiary/aromatic N) is 4. The zero-order valence-corrected chi connectivity index (χ0v) is 15.6. The minimum absolute atomic E-state index is 0.221. The number of benzene rings is 1. The summed E-state index contributed by atoms with van der Waals surface area (Å²) in [5.41, 5.74) is 6.78. The fourth-order valence-corrected chi connectivity index (χ4v) is 3.52. The molecule has 1 atom stereocenters. The minimum Gasteiger partial charge on any atom is -0.375 e. The molecular formula is C21H24N4O. The van der Waals surface area contributed by atoms with Crippen molar-refractivity contribution in [2.24, 2.45) is 4.99 Å². The van der Waals surface area contributed by atoms with Crippen LogP contribution in [0.5, 0.6) is 0 Å². The molecule has 4 rings (SSSR count). The first-order chi connectivity index (χ1) is 12.6. The van der Waals surface area contributed by atoms with E-state index < -0.39 is 0 Å². The number of morpholine rings is 1. The Morgan fingerprint density at radius 3 is 2.92 bits per heavy atom. The molecule has 0 saturated carbocycles. The third-order valence-corrected chi connectivity index (χ3v) is 4.71. The van der Waals surface area contributed by atoms with Crippen molar-refractivity contribution in [3.8, 4) is 0 Å². The van der Waals surface area contributed by atoms with Crippen LogP contribution in [-0.4, -0.2) is 41.5 Å². The third-order valence-electron chi connectivity index (χ3n) is 4.71. The molecule has 2 aromatic rings. The van der Waals surface area contributed by atoms with Crippen LogP contribution in [0, 0.1) is 0 Å². The summed E-state index contributed by atoms with van der Waals surface area (Å²) in [6.07, 6.45) is 4.06. The van der Waals surface area contributed by atoms with Crippen LogP contribution in [0.15, 0.2) is 41.2 Å². The average molecular weight is 348 g/mol. The number of aromatic nitrogens is 2. The third kappa shape index (κ3) is 3.40. The lowest BCUT2D eigenvalue weighted by Gasteiger charge is -2.32. The first-order valence-corrected chi connectivity index (χ1v) is 9.12. The first-order valence-electron chi connectivity index (χ1n) is 9.12. The number of allylic oxidation sites excluding steroid dienone is 1. The van der Waals surface area contributed by atoms with Crippen LogP contribution in [0.25, 0.3) is 6.08 Å². The van der Waals surface area contributed by atoms with E-state index in [2.05, 4.69) is 66.0 Å². The molecule has 1 fully saturated rings. The number of rotatable bonds is 3. The molecule has 0 aliphatic carbocycles. The minimum atomic E-state index is 0.221. The predicted molar refractivity (Wildman–Crippen MR) is 105 cm³/mol. The maximum atomic E-state index is 5.64. The van der Waals surface area contributed by atoms with Crippen LogP contribution in [0.2, 0.25) is 0 Å². The van der Waals surface area contributed by atoms with Crippen LogP contribution in [0.3, 0.4) is 0 Å². The van der Waals surface area contributed by atoms with Gasteiger partial charge in [-0.3, -0.25) is 4.99 Å². The quantitative estimate of drug-likeness (QED) is 0.852. The predicted octanol–water partition coefficient (Wildman–Crippen LogP) is 3.48. The number of ether oxygens (including phenoxy) is 1. The summed E-state index contributed by atoms with van der Waals surface area (Å²) >= 11 is 0. The van der Waals surface area contributed by atoms with Crippen molar-refractivity contribution < 1.29 is 4.74 Å². The van der Waals surface area contributed by atoms with Gasteiger partial charge in [-0.25, -0.2) is 9.97 Å². The lowest BCUT2D eigenvalue weighted by atomic mass is 9.99. The second kappa shape index (κ2) is 7.00. The molecule has 5 heteroatoms. The van der Waals surface area contributed by atoms with E-state index in [1.165, 1.54) is 22.3 Å². The summed E-state index contributed by atoms with van der Waals surface area (Å²) in [7, 11) is 0. The Morgan fingerprint density at radius 2 is 2.12 bits per heavy atom. The van der Waals surface area contributed by atoms with E-state index in [1.54, 1.807) is 6.33 Å². The molecule has 1 aromatic carbocycles. The Hall–Kier alpha value is -2.53. The van der Waals surface area contributed by atoms with Gasteiger partial charge in [0.2, 0.25) is 0 Å². The maximum Gasteiger partial charge on any atom is 0.132 e. The first kappa shape index (κ1) is 16.9. The summed E-state index contributed by atoms with van der Waals surface area (Å²) in [6.45, 7) is 9.48. The Balaban J connectivity index is 1.66. The molecule has 2 aliphatic rings. The summed E-state index contributed by atoms with van der Waals surface area (Å²) in [6, 6.07) is 8.60. The van der Waals surface area contributed by atoms with E-state index in [-0.39, 0.29) is 6.10 Å². The summed E-state index contributed by atoms with van der Waals surface area (Å²) in [5.74, 6) is 0.946. The second-order valence-electron chi connectivity index (χ2n) is 7.19. The smallest absolute Gasteiger partial charge is 0.132 e. The van der Waals surface area contributed by atoms with Crippen LogP contribution in [0.1, 0.15) is 43.2 Å². The number of hydrogen-bond donors (Lipinski definition) is 0. The fraction of sp³-hybridized carbons (Fsp3) is 0.381. The number of anilines is 1. The maximum absolute atomic E-state index is 5.64. The molecule has 0 radical (unpaired) electrons. The van der Waals surface area contributed by atoms with Gasteiger partial charge >= 0.3 is 0 Å². The number of fused-ring (bicyclic) bond motifs is 1. The number of aliphatic imine (C=N–C) groups is 1. The van der Waals surface area contributed by atoms with E-state index in [9.17, 15) is 0 Å². The van der Waals surface area contributed by atoms with Crippen molar-refractivity contribution in [2.45, 2.75) is 33.4 Å². The van der Waals surface area contributed by atoms with E-state index in [4.69, 9.17) is 9.73 Å². The van der Waals surface area contributed by atoms with Crippen LogP contribution in [-0.2, 0) is 11.3 Å². The lowest BCUT2D eigenvalue weighted by molar-refractivity contribution is 0.0529. The molecule has 1 aromatic heterocycles. The van der Waals surface area contributed by atoms with E-state index in [0.29, 0.717) is 6.54 Å².